The number of nitrogens with one attached hydrogen (secondary N) is 2. The fourth-order valence-corrected chi connectivity index (χ4v) is 4.47. The van der Waals surface area contributed by atoms with E-state index in [1.54, 1.807) is 6.07 Å². The number of fused-ring (bicyclic) bond motifs is 1. The van der Waals surface area contributed by atoms with Crippen molar-refractivity contribution in [3.05, 3.63) is 89.5 Å². The van der Waals surface area contributed by atoms with Gasteiger partial charge in [-0.25, -0.2) is 0 Å². The predicted octanol–water partition coefficient (Wildman–Crippen LogP) is 4.27. The molecule has 2 N–H and O–H groups in total. The van der Waals surface area contributed by atoms with E-state index < -0.39 is 11.8 Å². The first kappa shape index (κ1) is 22.0. The lowest BCUT2D eigenvalue weighted by Crippen LogP contribution is -2.36. The molecule has 0 aliphatic carbocycles. The molecule has 0 saturated heterocycles. The number of thioether (sulfide) groups is 1. The van der Waals surface area contributed by atoms with Crippen molar-refractivity contribution in [3.63, 3.8) is 0 Å². The van der Waals surface area contributed by atoms with Gasteiger partial charge in [-0.2, -0.15) is 0 Å². The number of para-hydroxylation sites is 1. The van der Waals surface area contributed by atoms with Crippen LogP contribution in [-0.4, -0.2) is 31.2 Å². The molecule has 1 aliphatic rings. The molecule has 0 fully saturated rings. The van der Waals surface area contributed by atoms with E-state index in [0.717, 1.165) is 30.0 Å². The summed E-state index contributed by atoms with van der Waals surface area (Å²) >= 11 is 1.52. The maximum Gasteiger partial charge on any atom is 0.313 e. The van der Waals surface area contributed by atoms with Crippen molar-refractivity contribution in [3.8, 4) is 0 Å². The number of anilines is 2. The number of hydrogen-bond donors (Lipinski definition) is 2. The van der Waals surface area contributed by atoms with Gasteiger partial charge in [0.1, 0.15) is 0 Å². The maximum absolute atomic E-state index is 12.2. The maximum atomic E-state index is 12.2. The van der Waals surface area contributed by atoms with Crippen molar-refractivity contribution in [1.29, 1.82) is 0 Å². The second kappa shape index (κ2) is 10.4. The zero-order valence-corrected chi connectivity index (χ0v) is 19.0. The number of carbonyl (C=O) groups is 2. The molecule has 6 heteroatoms. The van der Waals surface area contributed by atoms with Gasteiger partial charge >= 0.3 is 11.8 Å². The van der Waals surface area contributed by atoms with E-state index in [9.17, 15) is 9.59 Å². The molecule has 1 heterocycles. The van der Waals surface area contributed by atoms with E-state index in [0.29, 0.717) is 18.7 Å². The summed E-state index contributed by atoms with van der Waals surface area (Å²) in [5, 5.41) is 5.39. The van der Waals surface area contributed by atoms with Gasteiger partial charge in [-0.1, -0.05) is 48.5 Å². The van der Waals surface area contributed by atoms with Crippen LogP contribution >= 0.6 is 11.8 Å². The van der Waals surface area contributed by atoms with E-state index >= 15 is 0 Å². The minimum absolute atomic E-state index is 0.410. The molecule has 0 aromatic heterocycles. The third-order valence-corrected chi connectivity index (χ3v) is 6.49. The number of nitrogens with zero attached hydrogens (tertiary/aromatic N) is 1. The summed E-state index contributed by atoms with van der Waals surface area (Å²) in [6.07, 6.45) is 3.66. The highest BCUT2D eigenvalue weighted by Gasteiger charge is 2.16. The van der Waals surface area contributed by atoms with E-state index in [4.69, 9.17) is 0 Å². The largest absolute Gasteiger partial charge is 0.367 e. The molecule has 2 amide bonds. The number of benzene rings is 3. The van der Waals surface area contributed by atoms with Crippen LogP contribution in [0.1, 0.15) is 16.7 Å². The van der Waals surface area contributed by atoms with Crippen LogP contribution in [0.25, 0.3) is 0 Å². The second-order valence-electron chi connectivity index (χ2n) is 7.77. The summed E-state index contributed by atoms with van der Waals surface area (Å²) in [6, 6.07) is 24.5. The molecule has 0 radical (unpaired) electrons. The van der Waals surface area contributed by atoms with Crippen LogP contribution in [0, 0.1) is 0 Å². The van der Waals surface area contributed by atoms with Gasteiger partial charge in [0.2, 0.25) is 0 Å². The van der Waals surface area contributed by atoms with Gasteiger partial charge in [0.15, 0.2) is 0 Å². The highest BCUT2D eigenvalue weighted by molar-refractivity contribution is 7.98. The zero-order valence-electron chi connectivity index (χ0n) is 18.1. The normalized spacial score (nSPS) is 12.7. The van der Waals surface area contributed by atoms with Crippen LogP contribution in [0.15, 0.2) is 77.7 Å². The van der Waals surface area contributed by atoms with E-state index in [1.807, 2.05) is 24.5 Å². The van der Waals surface area contributed by atoms with Gasteiger partial charge in [-0.15, -0.1) is 11.8 Å². The lowest BCUT2D eigenvalue weighted by molar-refractivity contribution is -0.136. The summed E-state index contributed by atoms with van der Waals surface area (Å²) in [6.45, 7) is 2.36. The minimum Gasteiger partial charge on any atom is -0.367 e. The standard InChI is InChI=1S/C26H27N3O2S/c1-32-24-9-5-4-8-23(24)28-26(31)25(30)27-16-14-19-10-12-22(13-11-19)29-17-15-20-6-2-3-7-21(20)18-29/h2-13H,14-18H2,1H3,(H,27,30)(H,28,31). The van der Waals surface area contributed by atoms with Gasteiger partial charge < -0.3 is 15.5 Å². The Balaban J connectivity index is 1.26. The summed E-state index contributed by atoms with van der Waals surface area (Å²) < 4.78 is 0. The van der Waals surface area contributed by atoms with E-state index in [1.165, 1.54) is 28.6 Å². The Labute approximate surface area is 193 Å². The van der Waals surface area contributed by atoms with Crippen molar-refractivity contribution < 1.29 is 9.59 Å². The number of hydrogen-bond acceptors (Lipinski definition) is 4. The Kier molecular flexibility index (Phi) is 7.12. The molecule has 4 rings (SSSR count). The first-order valence-corrected chi connectivity index (χ1v) is 12.0. The molecular formula is C26H27N3O2S. The van der Waals surface area contributed by atoms with Crippen LogP contribution in [-0.2, 0) is 29.0 Å². The average Bonchev–Trinajstić information content (AvgIpc) is 2.84. The van der Waals surface area contributed by atoms with Crippen molar-refractivity contribution in [2.75, 3.05) is 29.6 Å². The van der Waals surface area contributed by atoms with Gasteiger partial charge in [0, 0.05) is 30.2 Å². The van der Waals surface area contributed by atoms with Gasteiger partial charge in [0.05, 0.1) is 5.69 Å². The molecule has 0 unspecified atom stereocenters. The molecule has 3 aromatic rings. The Bertz CT molecular complexity index is 1100. The molecule has 164 valence electrons. The molecule has 0 spiro atoms. The lowest BCUT2D eigenvalue weighted by atomic mass is 9.99. The fraction of sp³-hybridized carbons (Fsp3) is 0.231. The molecule has 32 heavy (non-hydrogen) atoms. The van der Waals surface area contributed by atoms with E-state index in [2.05, 4.69) is 64.1 Å². The highest BCUT2D eigenvalue weighted by Crippen LogP contribution is 2.25. The summed E-state index contributed by atoms with van der Waals surface area (Å²) in [5.41, 5.74) is 5.82. The molecule has 5 nitrogen and oxygen atoms in total. The highest BCUT2D eigenvalue weighted by atomic mass is 32.2. The van der Waals surface area contributed by atoms with Gasteiger partial charge in [-0.05, 0) is 60.1 Å². The van der Waals surface area contributed by atoms with Gasteiger partial charge in [0.25, 0.3) is 0 Å². The molecule has 0 bridgehead atoms. The van der Waals surface area contributed by atoms with Crippen LogP contribution < -0.4 is 15.5 Å². The molecule has 1 aliphatic heterocycles. The Morgan fingerprint density at radius 1 is 0.906 bits per heavy atom. The van der Waals surface area contributed by atoms with Crippen molar-refractivity contribution in [2.24, 2.45) is 0 Å². The molecule has 0 atom stereocenters. The SMILES string of the molecule is CSc1ccccc1NC(=O)C(=O)NCCc1ccc(N2CCc3ccccc3C2)cc1. The van der Waals surface area contributed by atoms with Gasteiger partial charge in [-0.3, -0.25) is 9.59 Å². The van der Waals surface area contributed by atoms with Crippen molar-refractivity contribution in [2.45, 2.75) is 24.3 Å². The third-order valence-electron chi connectivity index (χ3n) is 5.69. The Morgan fingerprint density at radius 3 is 2.41 bits per heavy atom. The molecule has 0 saturated carbocycles. The number of rotatable bonds is 6. The Morgan fingerprint density at radius 2 is 1.62 bits per heavy atom. The van der Waals surface area contributed by atoms with Crippen LogP contribution in [0.5, 0.6) is 0 Å². The quantitative estimate of drug-likeness (QED) is 0.439. The van der Waals surface area contributed by atoms with E-state index in [-0.39, 0.29) is 0 Å². The fourth-order valence-electron chi connectivity index (χ4n) is 3.92. The number of carbonyl (C=O) groups excluding carboxylic acids is 2. The summed E-state index contributed by atoms with van der Waals surface area (Å²) in [5.74, 6) is -1.27. The van der Waals surface area contributed by atoms with Crippen LogP contribution in [0.2, 0.25) is 0 Å². The first-order valence-electron chi connectivity index (χ1n) is 10.8. The summed E-state index contributed by atoms with van der Waals surface area (Å²) in [4.78, 5) is 27.7. The van der Waals surface area contributed by atoms with Crippen LogP contribution in [0.3, 0.4) is 0 Å². The van der Waals surface area contributed by atoms with Crippen molar-refractivity contribution >= 4 is 35.0 Å². The smallest absolute Gasteiger partial charge is 0.313 e. The summed E-state index contributed by atoms with van der Waals surface area (Å²) in [7, 11) is 0. The average molecular weight is 446 g/mol. The second-order valence-corrected chi connectivity index (χ2v) is 8.62. The Hall–Kier alpha value is -3.25. The van der Waals surface area contributed by atoms with Crippen LogP contribution in [0.4, 0.5) is 11.4 Å². The monoisotopic (exact) mass is 445 g/mol. The zero-order chi connectivity index (χ0) is 22.3. The van der Waals surface area contributed by atoms with Crippen molar-refractivity contribution in [1.82, 2.24) is 5.32 Å². The first-order chi connectivity index (χ1) is 15.6. The minimum atomic E-state index is -0.646. The lowest BCUT2D eigenvalue weighted by Gasteiger charge is -2.30. The topological polar surface area (TPSA) is 61.4 Å². The number of amides is 2. The predicted molar refractivity (Wildman–Crippen MR) is 131 cm³/mol. The molecule has 3 aromatic carbocycles. The third kappa shape index (κ3) is 5.32. The molecular weight excluding hydrogens is 418 g/mol.